The maximum absolute atomic E-state index is 10.6. The van der Waals surface area contributed by atoms with Gasteiger partial charge in [-0.3, -0.25) is 14.5 Å². The van der Waals surface area contributed by atoms with E-state index in [1.807, 2.05) is 6.07 Å². The van der Waals surface area contributed by atoms with Gasteiger partial charge in [0.1, 0.15) is 11.7 Å². The molecule has 0 aliphatic heterocycles. The fourth-order valence-electron chi connectivity index (χ4n) is 1.91. The van der Waals surface area contributed by atoms with Crippen LogP contribution in [-0.2, 0) is 11.8 Å². The summed E-state index contributed by atoms with van der Waals surface area (Å²) in [6, 6.07) is 1.25. The number of hydrogen-bond acceptors (Lipinski definition) is 4. The summed E-state index contributed by atoms with van der Waals surface area (Å²) in [6.45, 7) is 1.72. The van der Waals surface area contributed by atoms with Crippen LogP contribution in [0, 0.1) is 23.2 Å². The predicted octanol–water partition coefficient (Wildman–Crippen LogP) is 0.650. The molecule has 1 N–H and O–H groups in total. The molecule has 0 saturated carbocycles. The van der Waals surface area contributed by atoms with Crippen molar-refractivity contribution in [2.75, 3.05) is 0 Å². The van der Waals surface area contributed by atoms with Gasteiger partial charge in [0.25, 0.3) is 0 Å². The van der Waals surface area contributed by atoms with Crippen LogP contribution < -0.4 is 5.32 Å². The standard InChI is InChI=1S/C13H11N5O/c1-3-4-10-13-9(11(5-14)16-8-19)6-15-7-12(13)18(2)17-10/h6-8,11H,1-2H3,(H,16,19). The lowest BCUT2D eigenvalue weighted by Crippen LogP contribution is -2.18. The van der Waals surface area contributed by atoms with Crippen molar-refractivity contribution < 1.29 is 4.79 Å². The van der Waals surface area contributed by atoms with E-state index in [9.17, 15) is 4.79 Å². The van der Waals surface area contributed by atoms with E-state index in [2.05, 4.69) is 27.2 Å². The Morgan fingerprint density at radius 3 is 2.95 bits per heavy atom. The number of nitrogens with zero attached hydrogens (tertiary/aromatic N) is 4. The number of aromatic nitrogens is 3. The van der Waals surface area contributed by atoms with E-state index in [-0.39, 0.29) is 0 Å². The molecular weight excluding hydrogens is 242 g/mol. The maximum Gasteiger partial charge on any atom is 0.208 e. The number of carbonyl (C=O) groups is 1. The molecule has 2 aromatic heterocycles. The summed E-state index contributed by atoms with van der Waals surface area (Å²) in [5.41, 5.74) is 1.94. The van der Waals surface area contributed by atoms with Gasteiger partial charge in [-0.25, -0.2) is 0 Å². The van der Waals surface area contributed by atoms with Crippen molar-refractivity contribution >= 4 is 17.3 Å². The molecule has 94 valence electrons. The highest BCUT2D eigenvalue weighted by atomic mass is 16.1. The zero-order valence-corrected chi connectivity index (χ0v) is 10.5. The molecule has 0 fully saturated rings. The molecule has 2 aromatic rings. The zero-order chi connectivity index (χ0) is 13.8. The fourth-order valence-corrected chi connectivity index (χ4v) is 1.91. The third-order valence-corrected chi connectivity index (χ3v) is 2.71. The Kier molecular flexibility index (Phi) is 3.44. The normalized spacial score (nSPS) is 11.2. The lowest BCUT2D eigenvalue weighted by molar-refractivity contribution is -0.109. The van der Waals surface area contributed by atoms with Crippen molar-refractivity contribution in [3.8, 4) is 17.9 Å². The van der Waals surface area contributed by atoms with E-state index in [1.165, 1.54) is 0 Å². The summed E-state index contributed by atoms with van der Waals surface area (Å²) in [5, 5.41) is 16.6. The fraction of sp³-hybridized carbons (Fsp3) is 0.231. The summed E-state index contributed by atoms with van der Waals surface area (Å²) in [6.07, 6.45) is 3.70. The molecular formula is C13H11N5O. The van der Waals surface area contributed by atoms with Crippen molar-refractivity contribution in [2.24, 2.45) is 7.05 Å². The molecule has 1 amide bonds. The van der Waals surface area contributed by atoms with Crippen molar-refractivity contribution in [3.05, 3.63) is 23.7 Å². The van der Waals surface area contributed by atoms with Crippen LogP contribution in [0.2, 0.25) is 0 Å². The van der Waals surface area contributed by atoms with Crippen LogP contribution in [-0.4, -0.2) is 21.2 Å². The maximum atomic E-state index is 10.6. The number of pyridine rings is 1. The Bertz CT molecular complexity index is 729. The number of nitriles is 1. The number of hydrogen-bond donors (Lipinski definition) is 1. The first-order valence-electron chi connectivity index (χ1n) is 5.55. The quantitative estimate of drug-likeness (QED) is 0.643. The molecule has 0 aliphatic rings. The molecule has 0 saturated heterocycles. The lowest BCUT2D eigenvalue weighted by atomic mass is 10.0. The molecule has 0 spiro atoms. The largest absolute Gasteiger partial charge is 0.339 e. The molecule has 0 aromatic carbocycles. The topological polar surface area (TPSA) is 83.6 Å². The highest BCUT2D eigenvalue weighted by Crippen LogP contribution is 2.25. The van der Waals surface area contributed by atoms with Gasteiger partial charge in [0.05, 0.1) is 17.8 Å². The average Bonchev–Trinajstić information content (AvgIpc) is 2.74. The molecule has 1 atom stereocenters. The third-order valence-electron chi connectivity index (χ3n) is 2.71. The molecule has 0 radical (unpaired) electrons. The van der Waals surface area contributed by atoms with Crippen molar-refractivity contribution in [1.82, 2.24) is 20.1 Å². The van der Waals surface area contributed by atoms with E-state index in [0.29, 0.717) is 17.7 Å². The highest BCUT2D eigenvalue weighted by molar-refractivity contribution is 5.88. The second-order valence-electron chi connectivity index (χ2n) is 3.82. The van der Waals surface area contributed by atoms with Gasteiger partial charge in [0, 0.05) is 24.2 Å². The van der Waals surface area contributed by atoms with Crippen molar-refractivity contribution in [3.63, 3.8) is 0 Å². The first-order valence-corrected chi connectivity index (χ1v) is 5.55. The van der Waals surface area contributed by atoms with Gasteiger partial charge in [-0.1, -0.05) is 5.92 Å². The molecule has 0 aliphatic carbocycles. The smallest absolute Gasteiger partial charge is 0.208 e. The molecule has 19 heavy (non-hydrogen) atoms. The second kappa shape index (κ2) is 5.19. The SMILES string of the molecule is CC#Cc1nn(C)c2cncc(C(C#N)NC=O)c12. The molecule has 2 heterocycles. The zero-order valence-electron chi connectivity index (χ0n) is 10.5. The van der Waals surface area contributed by atoms with Crippen LogP contribution >= 0.6 is 0 Å². The number of aryl methyl sites for hydroxylation is 1. The Balaban J connectivity index is 2.76. The Hall–Kier alpha value is -2.86. The molecule has 1 unspecified atom stereocenters. The second-order valence-corrected chi connectivity index (χ2v) is 3.82. The van der Waals surface area contributed by atoms with Crippen LogP contribution in [0.5, 0.6) is 0 Å². The molecule has 6 heteroatoms. The van der Waals surface area contributed by atoms with Gasteiger partial charge in [-0.05, 0) is 12.8 Å². The van der Waals surface area contributed by atoms with Crippen LogP contribution in [0.1, 0.15) is 24.2 Å². The number of amides is 1. The summed E-state index contributed by atoms with van der Waals surface area (Å²) < 4.78 is 1.65. The van der Waals surface area contributed by atoms with Crippen LogP contribution in [0.3, 0.4) is 0 Å². The first kappa shape index (κ1) is 12.6. The average molecular weight is 253 g/mol. The number of rotatable bonds is 3. The summed E-state index contributed by atoms with van der Waals surface area (Å²) >= 11 is 0. The van der Waals surface area contributed by atoms with Gasteiger partial charge in [-0.15, -0.1) is 0 Å². The van der Waals surface area contributed by atoms with Gasteiger partial charge >= 0.3 is 0 Å². The van der Waals surface area contributed by atoms with Crippen molar-refractivity contribution in [1.29, 1.82) is 5.26 Å². The van der Waals surface area contributed by atoms with Crippen LogP contribution in [0.4, 0.5) is 0 Å². The van der Waals surface area contributed by atoms with Gasteiger partial charge in [0.15, 0.2) is 0 Å². The van der Waals surface area contributed by atoms with E-state index in [0.717, 1.165) is 10.9 Å². The van der Waals surface area contributed by atoms with Crippen LogP contribution in [0.15, 0.2) is 12.4 Å². The predicted molar refractivity (Wildman–Crippen MR) is 68.6 cm³/mol. The van der Waals surface area contributed by atoms with E-state index >= 15 is 0 Å². The minimum absolute atomic E-state index is 0.494. The first-order chi connectivity index (χ1) is 9.22. The summed E-state index contributed by atoms with van der Waals surface area (Å²) in [5.74, 6) is 5.68. The number of carbonyl (C=O) groups excluding carboxylic acids is 1. The monoisotopic (exact) mass is 253 g/mol. The summed E-state index contributed by atoms with van der Waals surface area (Å²) in [4.78, 5) is 14.7. The highest BCUT2D eigenvalue weighted by Gasteiger charge is 2.18. The summed E-state index contributed by atoms with van der Waals surface area (Å²) in [7, 11) is 1.78. The van der Waals surface area contributed by atoms with E-state index in [4.69, 9.17) is 5.26 Å². The third kappa shape index (κ3) is 2.12. The number of nitrogens with one attached hydrogen (secondary N) is 1. The van der Waals surface area contributed by atoms with E-state index in [1.54, 1.807) is 31.0 Å². The minimum Gasteiger partial charge on any atom is -0.339 e. The van der Waals surface area contributed by atoms with Gasteiger partial charge in [0.2, 0.25) is 6.41 Å². The van der Waals surface area contributed by atoms with Crippen molar-refractivity contribution in [2.45, 2.75) is 13.0 Å². The van der Waals surface area contributed by atoms with E-state index < -0.39 is 6.04 Å². The van der Waals surface area contributed by atoms with Gasteiger partial charge in [-0.2, -0.15) is 10.4 Å². The molecule has 0 bridgehead atoms. The molecule has 2 rings (SSSR count). The Morgan fingerprint density at radius 1 is 1.53 bits per heavy atom. The Labute approximate surface area is 110 Å². The van der Waals surface area contributed by atoms with Crippen LogP contribution in [0.25, 0.3) is 10.9 Å². The molecule has 6 nitrogen and oxygen atoms in total. The van der Waals surface area contributed by atoms with Gasteiger partial charge < -0.3 is 5.32 Å². The number of fused-ring (bicyclic) bond motifs is 1. The minimum atomic E-state index is -0.768. The lowest BCUT2D eigenvalue weighted by Gasteiger charge is -2.08. The Morgan fingerprint density at radius 2 is 2.32 bits per heavy atom.